The van der Waals surface area contributed by atoms with Crippen molar-refractivity contribution in [2.75, 3.05) is 10.6 Å². The van der Waals surface area contributed by atoms with Crippen molar-refractivity contribution in [1.82, 2.24) is 0 Å². The first-order chi connectivity index (χ1) is 9.95. The molecule has 0 radical (unpaired) electrons. The van der Waals surface area contributed by atoms with Gasteiger partial charge >= 0.3 is 0 Å². The molecule has 1 atom stereocenters. The van der Waals surface area contributed by atoms with Crippen LogP contribution in [0.2, 0.25) is 5.02 Å². The van der Waals surface area contributed by atoms with Gasteiger partial charge in [-0.3, -0.25) is 4.79 Å². The van der Waals surface area contributed by atoms with Crippen molar-refractivity contribution < 1.29 is 4.79 Å². The molecule has 0 aliphatic carbocycles. The Bertz CT molecular complexity index is 706. The number of anilines is 2. The average molecular weight is 301 g/mol. The normalized spacial score (nSPS) is 16.9. The smallest absolute Gasteiger partial charge is 0.258 e. The lowest BCUT2D eigenvalue weighted by Gasteiger charge is -2.23. The van der Waals surface area contributed by atoms with Crippen molar-refractivity contribution in [3.63, 3.8) is 0 Å². The molecule has 0 aromatic heterocycles. The molecule has 108 valence electrons. The summed E-state index contributed by atoms with van der Waals surface area (Å²) in [6, 6.07) is 11.3. The SMILES string of the molecule is Cc1cc(Cl)cc(C(=O)N2c3ccc(N)cc3CC2C)c1. The molecular formula is C17H17ClN2O. The number of hydrogen-bond acceptors (Lipinski definition) is 2. The maximum atomic E-state index is 12.8. The van der Waals surface area contributed by atoms with Gasteiger partial charge in [-0.15, -0.1) is 0 Å². The zero-order valence-corrected chi connectivity index (χ0v) is 12.8. The van der Waals surface area contributed by atoms with Crippen LogP contribution in [-0.2, 0) is 6.42 Å². The second-order valence-electron chi connectivity index (χ2n) is 5.63. The summed E-state index contributed by atoms with van der Waals surface area (Å²) in [5.74, 6) is -0.0170. The Morgan fingerprint density at radius 3 is 2.76 bits per heavy atom. The number of nitrogen functional groups attached to an aromatic ring is 1. The van der Waals surface area contributed by atoms with Gasteiger partial charge in [-0.25, -0.2) is 0 Å². The number of carbonyl (C=O) groups is 1. The van der Waals surface area contributed by atoms with Crippen LogP contribution in [0.4, 0.5) is 11.4 Å². The minimum absolute atomic E-state index is 0.0170. The fourth-order valence-electron chi connectivity index (χ4n) is 2.96. The van der Waals surface area contributed by atoms with Gasteiger partial charge < -0.3 is 10.6 Å². The van der Waals surface area contributed by atoms with E-state index in [0.29, 0.717) is 10.6 Å². The van der Waals surface area contributed by atoms with Crippen LogP contribution < -0.4 is 10.6 Å². The van der Waals surface area contributed by atoms with E-state index in [-0.39, 0.29) is 11.9 Å². The summed E-state index contributed by atoms with van der Waals surface area (Å²) in [6.45, 7) is 3.98. The number of benzene rings is 2. The highest BCUT2D eigenvalue weighted by atomic mass is 35.5. The fraction of sp³-hybridized carbons (Fsp3) is 0.235. The monoisotopic (exact) mass is 300 g/mol. The summed E-state index contributed by atoms with van der Waals surface area (Å²) < 4.78 is 0. The first-order valence-corrected chi connectivity index (χ1v) is 7.32. The molecule has 1 amide bonds. The Balaban J connectivity index is 2.02. The van der Waals surface area contributed by atoms with Gasteiger partial charge in [0.2, 0.25) is 0 Å². The molecule has 0 saturated heterocycles. The Labute approximate surface area is 129 Å². The van der Waals surface area contributed by atoms with E-state index in [4.69, 9.17) is 17.3 Å². The zero-order valence-electron chi connectivity index (χ0n) is 12.1. The number of nitrogens with two attached hydrogens (primary N) is 1. The second-order valence-corrected chi connectivity index (χ2v) is 6.07. The van der Waals surface area contributed by atoms with E-state index < -0.39 is 0 Å². The Morgan fingerprint density at radius 1 is 1.29 bits per heavy atom. The highest BCUT2D eigenvalue weighted by Gasteiger charge is 2.31. The van der Waals surface area contributed by atoms with Crippen LogP contribution in [0.5, 0.6) is 0 Å². The first-order valence-electron chi connectivity index (χ1n) is 6.95. The third-order valence-electron chi connectivity index (χ3n) is 3.83. The van der Waals surface area contributed by atoms with Gasteiger partial charge in [0.15, 0.2) is 0 Å². The second kappa shape index (κ2) is 5.08. The molecule has 1 aliphatic rings. The molecule has 0 bridgehead atoms. The molecule has 4 heteroatoms. The van der Waals surface area contributed by atoms with Gasteiger partial charge in [0.05, 0.1) is 0 Å². The summed E-state index contributed by atoms with van der Waals surface area (Å²) in [4.78, 5) is 14.7. The molecule has 2 aromatic rings. The van der Waals surface area contributed by atoms with E-state index >= 15 is 0 Å². The first kappa shape index (κ1) is 14.0. The minimum atomic E-state index is -0.0170. The van der Waals surface area contributed by atoms with Crippen molar-refractivity contribution in [2.24, 2.45) is 0 Å². The largest absolute Gasteiger partial charge is 0.399 e. The van der Waals surface area contributed by atoms with Crippen LogP contribution in [0, 0.1) is 6.92 Å². The Kier molecular flexibility index (Phi) is 3.38. The standard InChI is InChI=1S/C17H17ClN2O/c1-10-5-13(8-14(18)6-10)17(21)20-11(2)7-12-9-15(19)3-4-16(12)20/h3-6,8-9,11H,7,19H2,1-2H3. The quantitative estimate of drug-likeness (QED) is 0.814. The number of aryl methyl sites for hydroxylation is 1. The number of rotatable bonds is 1. The molecule has 0 fully saturated rings. The van der Waals surface area contributed by atoms with Crippen LogP contribution in [0.3, 0.4) is 0 Å². The summed E-state index contributed by atoms with van der Waals surface area (Å²) in [6.07, 6.45) is 0.825. The summed E-state index contributed by atoms with van der Waals surface area (Å²) in [5.41, 5.74) is 10.2. The highest BCUT2D eigenvalue weighted by molar-refractivity contribution is 6.31. The number of nitrogens with zero attached hydrogens (tertiary/aromatic N) is 1. The third kappa shape index (κ3) is 2.49. The van der Waals surface area contributed by atoms with Gasteiger partial charge in [-0.1, -0.05) is 11.6 Å². The Hall–Kier alpha value is -2.00. The summed E-state index contributed by atoms with van der Waals surface area (Å²) in [7, 11) is 0. The molecule has 3 rings (SSSR count). The molecule has 0 saturated carbocycles. The van der Waals surface area contributed by atoms with Crippen LogP contribution in [0.15, 0.2) is 36.4 Å². The van der Waals surface area contributed by atoms with E-state index in [9.17, 15) is 4.79 Å². The molecule has 2 aromatic carbocycles. The lowest BCUT2D eigenvalue weighted by molar-refractivity contribution is 0.0981. The van der Waals surface area contributed by atoms with Crippen molar-refractivity contribution >= 4 is 28.9 Å². The lowest BCUT2D eigenvalue weighted by Crippen LogP contribution is -2.35. The van der Waals surface area contributed by atoms with Crippen molar-refractivity contribution in [2.45, 2.75) is 26.3 Å². The fourth-order valence-corrected chi connectivity index (χ4v) is 3.25. The predicted octanol–water partition coefficient (Wildman–Crippen LogP) is 3.82. The van der Waals surface area contributed by atoms with Crippen molar-refractivity contribution in [3.8, 4) is 0 Å². The average Bonchev–Trinajstić information content (AvgIpc) is 2.71. The van der Waals surface area contributed by atoms with Gasteiger partial charge in [0.25, 0.3) is 5.91 Å². The zero-order chi connectivity index (χ0) is 15.1. The van der Waals surface area contributed by atoms with E-state index in [1.54, 1.807) is 6.07 Å². The van der Waals surface area contributed by atoms with Crippen molar-refractivity contribution in [1.29, 1.82) is 0 Å². The maximum absolute atomic E-state index is 12.8. The highest BCUT2D eigenvalue weighted by Crippen LogP contribution is 2.34. The minimum Gasteiger partial charge on any atom is -0.399 e. The molecular weight excluding hydrogens is 284 g/mol. The number of carbonyl (C=O) groups excluding carboxylic acids is 1. The maximum Gasteiger partial charge on any atom is 0.258 e. The number of fused-ring (bicyclic) bond motifs is 1. The predicted molar refractivity (Wildman–Crippen MR) is 87.0 cm³/mol. The van der Waals surface area contributed by atoms with Crippen LogP contribution >= 0.6 is 11.6 Å². The van der Waals surface area contributed by atoms with E-state index in [0.717, 1.165) is 28.9 Å². The van der Waals surface area contributed by atoms with Crippen LogP contribution in [0.1, 0.15) is 28.4 Å². The van der Waals surface area contributed by atoms with Gasteiger partial charge in [0.1, 0.15) is 0 Å². The van der Waals surface area contributed by atoms with E-state index in [1.807, 2.05) is 49.1 Å². The van der Waals surface area contributed by atoms with Gasteiger partial charge in [0, 0.05) is 28.0 Å². The molecule has 1 heterocycles. The molecule has 2 N–H and O–H groups in total. The van der Waals surface area contributed by atoms with Gasteiger partial charge in [-0.05, 0) is 67.8 Å². The number of amides is 1. The van der Waals surface area contributed by atoms with E-state index in [1.165, 1.54) is 0 Å². The topological polar surface area (TPSA) is 46.3 Å². The number of halogens is 1. The van der Waals surface area contributed by atoms with Crippen molar-refractivity contribution in [3.05, 3.63) is 58.1 Å². The third-order valence-corrected chi connectivity index (χ3v) is 4.05. The Morgan fingerprint density at radius 2 is 2.05 bits per heavy atom. The van der Waals surface area contributed by atoms with Crippen LogP contribution in [0.25, 0.3) is 0 Å². The molecule has 0 spiro atoms. The van der Waals surface area contributed by atoms with Gasteiger partial charge in [-0.2, -0.15) is 0 Å². The molecule has 1 unspecified atom stereocenters. The van der Waals surface area contributed by atoms with E-state index in [2.05, 4.69) is 0 Å². The lowest BCUT2D eigenvalue weighted by atomic mass is 10.1. The molecule has 3 nitrogen and oxygen atoms in total. The summed E-state index contributed by atoms with van der Waals surface area (Å²) >= 11 is 6.07. The van der Waals surface area contributed by atoms with Crippen LogP contribution in [-0.4, -0.2) is 11.9 Å². The number of hydrogen-bond donors (Lipinski definition) is 1. The molecule has 1 aliphatic heterocycles. The summed E-state index contributed by atoms with van der Waals surface area (Å²) in [5, 5.41) is 0.586. The molecule has 21 heavy (non-hydrogen) atoms.